The number of hydrogen-bond acceptors (Lipinski definition) is 3. The van der Waals surface area contributed by atoms with E-state index in [1.165, 1.54) is 18.2 Å². The molecule has 13 heavy (non-hydrogen) atoms. The molecular weight excluding hydrogens is 193 g/mol. The summed E-state index contributed by atoms with van der Waals surface area (Å²) in [5.41, 5.74) is 0.642. The molecule has 2 rings (SSSR count). The van der Waals surface area contributed by atoms with Gasteiger partial charge in [-0.3, -0.25) is 0 Å². The third kappa shape index (κ3) is 1.38. The quantitative estimate of drug-likeness (QED) is 0.761. The normalized spacial score (nSPS) is 10.5. The highest BCUT2D eigenvalue weighted by atomic mass is 32.1. The summed E-state index contributed by atoms with van der Waals surface area (Å²) in [5.74, 6) is -1.02. The zero-order valence-corrected chi connectivity index (χ0v) is 7.14. The average molecular weight is 197 g/mol. The van der Waals surface area contributed by atoms with E-state index in [0.29, 0.717) is 10.2 Å². The number of aromatic nitrogens is 1. The molecule has 0 bridgehead atoms. The number of rotatable bonds is 1. The standard InChI is InChI=1S/C8H4FNO2S/c9-8-10-5-2-1-4(7(11)12)3-6(5)13-8/h1-3H,(H,11,12). The fraction of sp³-hybridized carbons (Fsp3) is 0. The van der Waals surface area contributed by atoms with Gasteiger partial charge in [0.2, 0.25) is 0 Å². The van der Waals surface area contributed by atoms with E-state index >= 15 is 0 Å². The van der Waals surface area contributed by atoms with Crippen molar-refractivity contribution in [1.29, 1.82) is 0 Å². The van der Waals surface area contributed by atoms with Crippen LogP contribution in [0.4, 0.5) is 4.39 Å². The first-order valence-electron chi connectivity index (χ1n) is 3.46. The molecule has 0 aliphatic heterocycles. The monoisotopic (exact) mass is 197 g/mol. The Hall–Kier alpha value is -1.49. The SMILES string of the molecule is O=C(O)c1ccc2nc(F)sc2c1. The lowest BCUT2D eigenvalue weighted by molar-refractivity contribution is 0.0697. The van der Waals surface area contributed by atoms with E-state index in [9.17, 15) is 9.18 Å². The number of halogens is 1. The van der Waals surface area contributed by atoms with E-state index in [2.05, 4.69) is 4.98 Å². The third-order valence-electron chi connectivity index (χ3n) is 1.61. The molecule has 5 heteroatoms. The Kier molecular flexibility index (Phi) is 1.73. The van der Waals surface area contributed by atoms with Crippen LogP contribution >= 0.6 is 11.3 Å². The summed E-state index contributed by atoms with van der Waals surface area (Å²) >= 11 is 0.843. The number of hydrogen-bond donors (Lipinski definition) is 1. The number of carboxylic acid groups (broad SMARTS) is 1. The van der Waals surface area contributed by atoms with Crippen molar-refractivity contribution in [2.75, 3.05) is 0 Å². The number of aromatic carboxylic acids is 1. The minimum absolute atomic E-state index is 0.149. The van der Waals surface area contributed by atoms with Gasteiger partial charge < -0.3 is 5.11 Å². The molecule has 0 radical (unpaired) electrons. The van der Waals surface area contributed by atoms with Crippen LogP contribution in [0.2, 0.25) is 0 Å². The van der Waals surface area contributed by atoms with Gasteiger partial charge in [-0.25, -0.2) is 9.78 Å². The minimum Gasteiger partial charge on any atom is -0.478 e. The van der Waals surface area contributed by atoms with Gasteiger partial charge in [0.15, 0.2) is 0 Å². The van der Waals surface area contributed by atoms with Gasteiger partial charge >= 0.3 is 5.97 Å². The van der Waals surface area contributed by atoms with Crippen LogP contribution in [0.15, 0.2) is 18.2 Å². The van der Waals surface area contributed by atoms with Crippen molar-refractivity contribution in [3.05, 3.63) is 29.0 Å². The maximum atomic E-state index is 12.6. The lowest BCUT2D eigenvalue weighted by Crippen LogP contribution is -1.94. The first-order valence-corrected chi connectivity index (χ1v) is 4.28. The molecule has 1 heterocycles. The van der Waals surface area contributed by atoms with Crippen molar-refractivity contribution in [3.8, 4) is 0 Å². The predicted octanol–water partition coefficient (Wildman–Crippen LogP) is 2.13. The predicted molar refractivity (Wildman–Crippen MR) is 46.5 cm³/mol. The summed E-state index contributed by atoms with van der Waals surface area (Å²) in [7, 11) is 0. The summed E-state index contributed by atoms with van der Waals surface area (Å²) < 4.78 is 13.2. The van der Waals surface area contributed by atoms with Crippen molar-refractivity contribution >= 4 is 27.5 Å². The first-order chi connectivity index (χ1) is 6.16. The molecule has 0 amide bonds. The Balaban J connectivity index is 2.67. The molecule has 0 atom stereocenters. The average Bonchev–Trinajstić information content (AvgIpc) is 2.42. The molecule has 0 saturated carbocycles. The maximum absolute atomic E-state index is 12.6. The topological polar surface area (TPSA) is 50.2 Å². The highest BCUT2D eigenvalue weighted by molar-refractivity contribution is 7.17. The number of benzene rings is 1. The second-order valence-corrected chi connectivity index (χ2v) is 3.44. The van der Waals surface area contributed by atoms with E-state index in [0.717, 1.165) is 11.3 Å². The Morgan fingerprint density at radius 2 is 2.31 bits per heavy atom. The zero-order chi connectivity index (χ0) is 9.42. The largest absolute Gasteiger partial charge is 0.478 e. The van der Waals surface area contributed by atoms with Gasteiger partial charge in [0.05, 0.1) is 15.8 Å². The molecule has 0 fully saturated rings. The smallest absolute Gasteiger partial charge is 0.335 e. The van der Waals surface area contributed by atoms with Gasteiger partial charge in [-0.05, 0) is 18.2 Å². The molecule has 0 saturated heterocycles. The number of thiazole rings is 1. The summed E-state index contributed by atoms with van der Waals surface area (Å²) in [5, 5.41) is 8.10. The van der Waals surface area contributed by atoms with E-state index in [1.54, 1.807) is 0 Å². The number of nitrogens with zero attached hydrogens (tertiary/aromatic N) is 1. The molecule has 1 N–H and O–H groups in total. The van der Waals surface area contributed by atoms with Crippen LogP contribution in [0.1, 0.15) is 10.4 Å². The molecule has 1 aromatic heterocycles. The van der Waals surface area contributed by atoms with E-state index in [-0.39, 0.29) is 5.56 Å². The van der Waals surface area contributed by atoms with Crippen LogP contribution in [0.3, 0.4) is 0 Å². The Bertz CT molecular complexity index is 480. The van der Waals surface area contributed by atoms with Crippen LogP contribution < -0.4 is 0 Å². The van der Waals surface area contributed by atoms with Gasteiger partial charge in [-0.1, -0.05) is 11.3 Å². The molecule has 3 nitrogen and oxygen atoms in total. The highest BCUT2D eigenvalue weighted by Gasteiger charge is 2.07. The van der Waals surface area contributed by atoms with Crippen LogP contribution in [0, 0.1) is 5.26 Å². The van der Waals surface area contributed by atoms with Crippen LogP contribution in [0.25, 0.3) is 10.2 Å². The number of carboxylic acids is 1. The van der Waals surface area contributed by atoms with Gasteiger partial charge in [0.1, 0.15) is 0 Å². The van der Waals surface area contributed by atoms with Crippen LogP contribution in [0.5, 0.6) is 0 Å². The van der Waals surface area contributed by atoms with Gasteiger partial charge in [-0.2, -0.15) is 4.39 Å². The Morgan fingerprint density at radius 1 is 1.54 bits per heavy atom. The summed E-state index contributed by atoms with van der Waals surface area (Å²) in [6.45, 7) is 0. The van der Waals surface area contributed by atoms with Gasteiger partial charge in [-0.15, -0.1) is 0 Å². The molecule has 2 aromatic rings. The molecule has 0 spiro atoms. The summed E-state index contributed by atoms with van der Waals surface area (Å²) in [6, 6.07) is 4.32. The summed E-state index contributed by atoms with van der Waals surface area (Å²) in [4.78, 5) is 14.1. The Morgan fingerprint density at radius 3 is 3.00 bits per heavy atom. The molecule has 66 valence electrons. The fourth-order valence-corrected chi connectivity index (χ4v) is 1.76. The second kappa shape index (κ2) is 2.77. The number of carbonyl (C=O) groups is 1. The van der Waals surface area contributed by atoms with Crippen molar-refractivity contribution in [3.63, 3.8) is 0 Å². The lowest BCUT2D eigenvalue weighted by atomic mass is 10.2. The second-order valence-electron chi connectivity index (χ2n) is 2.45. The van der Waals surface area contributed by atoms with E-state index < -0.39 is 11.2 Å². The third-order valence-corrected chi connectivity index (χ3v) is 2.42. The van der Waals surface area contributed by atoms with Crippen molar-refractivity contribution in [2.24, 2.45) is 0 Å². The van der Waals surface area contributed by atoms with Crippen molar-refractivity contribution in [1.82, 2.24) is 4.98 Å². The van der Waals surface area contributed by atoms with E-state index in [4.69, 9.17) is 5.11 Å². The van der Waals surface area contributed by atoms with Crippen molar-refractivity contribution < 1.29 is 14.3 Å². The fourth-order valence-electron chi connectivity index (χ4n) is 1.03. The lowest BCUT2D eigenvalue weighted by Gasteiger charge is -1.91. The van der Waals surface area contributed by atoms with E-state index in [1.807, 2.05) is 0 Å². The van der Waals surface area contributed by atoms with Crippen molar-refractivity contribution in [2.45, 2.75) is 0 Å². The van der Waals surface area contributed by atoms with Crippen LogP contribution in [-0.4, -0.2) is 16.1 Å². The Labute approximate surface area is 76.5 Å². The molecule has 0 aliphatic carbocycles. The molecule has 1 aromatic carbocycles. The highest BCUT2D eigenvalue weighted by Crippen LogP contribution is 2.21. The maximum Gasteiger partial charge on any atom is 0.335 e. The number of fused-ring (bicyclic) bond motifs is 1. The van der Waals surface area contributed by atoms with Crippen LogP contribution in [-0.2, 0) is 0 Å². The first kappa shape index (κ1) is 8.12. The molecule has 0 aliphatic rings. The van der Waals surface area contributed by atoms with Gasteiger partial charge in [0, 0.05) is 0 Å². The minimum atomic E-state index is -1.02. The zero-order valence-electron chi connectivity index (χ0n) is 6.32. The molecule has 0 unspecified atom stereocenters. The molecular formula is C8H4FNO2S. The van der Waals surface area contributed by atoms with Gasteiger partial charge in [0.25, 0.3) is 5.26 Å². The summed E-state index contributed by atoms with van der Waals surface area (Å²) in [6.07, 6.45) is 0.